The predicted molar refractivity (Wildman–Crippen MR) is 85.0 cm³/mol. The third-order valence-electron chi connectivity index (χ3n) is 3.11. The van der Waals surface area contributed by atoms with Crippen LogP contribution in [0.1, 0.15) is 26.7 Å². The van der Waals surface area contributed by atoms with Crippen molar-refractivity contribution in [2.24, 2.45) is 0 Å². The molecule has 0 bridgehead atoms. The summed E-state index contributed by atoms with van der Waals surface area (Å²) >= 11 is 0. The lowest BCUT2D eigenvalue weighted by Crippen LogP contribution is -2.43. The molecule has 0 radical (unpaired) electrons. The van der Waals surface area contributed by atoms with Crippen LogP contribution in [0.25, 0.3) is 0 Å². The molecule has 0 atom stereocenters. The first-order valence-corrected chi connectivity index (χ1v) is 8.73. The van der Waals surface area contributed by atoms with E-state index in [1.807, 2.05) is 0 Å². The van der Waals surface area contributed by atoms with Crippen LogP contribution in [0.5, 0.6) is 5.75 Å². The van der Waals surface area contributed by atoms with E-state index in [2.05, 4.69) is 4.72 Å². The number of hydrogen-bond donors (Lipinski definition) is 2. The van der Waals surface area contributed by atoms with Crippen molar-refractivity contribution >= 4 is 16.0 Å². The fourth-order valence-corrected chi connectivity index (χ4v) is 3.53. The fraction of sp³-hybridized carbons (Fsp3) is 0.533. The summed E-state index contributed by atoms with van der Waals surface area (Å²) in [6.07, 6.45) is -0.118. The number of benzene rings is 1. The second-order valence-corrected chi connectivity index (χ2v) is 7.47. The molecule has 0 aliphatic heterocycles. The van der Waals surface area contributed by atoms with Crippen LogP contribution in [0.4, 0.5) is 4.39 Å². The number of halogens is 1. The number of sulfonamides is 1. The van der Waals surface area contributed by atoms with Crippen LogP contribution in [-0.4, -0.2) is 45.4 Å². The van der Waals surface area contributed by atoms with Gasteiger partial charge in [0.2, 0.25) is 10.0 Å². The number of ether oxygens (including phenoxy) is 2. The molecule has 0 unspecified atom stereocenters. The van der Waals surface area contributed by atoms with Crippen LogP contribution in [-0.2, 0) is 19.6 Å². The number of carboxylic acids is 1. The highest BCUT2D eigenvalue weighted by atomic mass is 32.2. The molecular weight excluding hydrogens is 341 g/mol. The Morgan fingerprint density at radius 2 is 2.00 bits per heavy atom. The minimum absolute atomic E-state index is 0.00464. The number of hydrogen-bond acceptors (Lipinski definition) is 5. The average molecular weight is 363 g/mol. The molecule has 1 rings (SSSR count). The molecule has 0 fully saturated rings. The fourth-order valence-electron chi connectivity index (χ4n) is 1.94. The van der Waals surface area contributed by atoms with Gasteiger partial charge in [0.15, 0.2) is 0 Å². The molecule has 1 aromatic carbocycles. The number of carboxylic acid groups (broad SMARTS) is 1. The van der Waals surface area contributed by atoms with Crippen molar-refractivity contribution in [1.82, 2.24) is 4.72 Å². The first kappa shape index (κ1) is 20.3. The molecule has 7 nitrogen and oxygen atoms in total. The van der Waals surface area contributed by atoms with Crippen molar-refractivity contribution < 1.29 is 32.2 Å². The van der Waals surface area contributed by atoms with E-state index in [-0.39, 0.29) is 36.7 Å². The molecule has 0 aliphatic carbocycles. The van der Waals surface area contributed by atoms with E-state index in [0.717, 1.165) is 12.1 Å². The van der Waals surface area contributed by atoms with Crippen LogP contribution in [0, 0.1) is 5.82 Å². The van der Waals surface area contributed by atoms with Gasteiger partial charge in [0.05, 0.1) is 6.61 Å². The van der Waals surface area contributed by atoms with Gasteiger partial charge >= 0.3 is 5.97 Å². The quantitative estimate of drug-likeness (QED) is 0.614. The summed E-state index contributed by atoms with van der Waals surface area (Å²) in [7, 11) is -2.63. The van der Waals surface area contributed by atoms with Crippen LogP contribution in [0.15, 0.2) is 23.1 Å². The minimum atomic E-state index is -4.10. The minimum Gasteiger partial charge on any atom is -0.490 e. The normalized spacial score (nSPS) is 12.2. The molecule has 0 amide bonds. The molecule has 9 heteroatoms. The van der Waals surface area contributed by atoms with Gasteiger partial charge in [0, 0.05) is 19.1 Å². The Morgan fingerprint density at radius 1 is 1.33 bits per heavy atom. The second-order valence-electron chi connectivity index (χ2n) is 5.82. The van der Waals surface area contributed by atoms with Gasteiger partial charge in [0.1, 0.15) is 23.1 Å². The van der Waals surface area contributed by atoms with E-state index in [1.54, 1.807) is 13.8 Å². The lowest BCUT2D eigenvalue weighted by molar-refractivity contribution is -0.137. The highest BCUT2D eigenvalue weighted by molar-refractivity contribution is 7.89. The highest BCUT2D eigenvalue weighted by Gasteiger charge is 2.29. The molecular formula is C15H22FNO6S. The van der Waals surface area contributed by atoms with E-state index in [0.29, 0.717) is 0 Å². The lowest BCUT2D eigenvalue weighted by atomic mass is 10.0. The lowest BCUT2D eigenvalue weighted by Gasteiger charge is -2.26. The monoisotopic (exact) mass is 363 g/mol. The second kappa shape index (κ2) is 8.41. The van der Waals surface area contributed by atoms with E-state index in [4.69, 9.17) is 14.6 Å². The molecule has 0 saturated carbocycles. The number of carbonyl (C=O) groups is 1. The Morgan fingerprint density at radius 3 is 2.58 bits per heavy atom. The summed E-state index contributed by atoms with van der Waals surface area (Å²) in [6.45, 7) is 3.46. The van der Waals surface area contributed by atoms with Gasteiger partial charge in [-0.3, -0.25) is 4.79 Å². The van der Waals surface area contributed by atoms with Gasteiger partial charge in [-0.1, -0.05) is 0 Å². The van der Waals surface area contributed by atoms with Crippen LogP contribution in [0.3, 0.4) is 0 Å². The maximum absolute atomic E-state index is 13.5. The Bertz CT molecular complexity index is 675. The summed E-state index contributed by atoms with van der Waals surface area (Å²) in [4.78, 5) is 10.3. The van der Waals surface area contributed by atoms with Gasteiger partial charge in [-0.15, -0.1) is 0 Å². The van der Waals surface area contributed by atoms with Crippen molar-refractivity contribution in [3.63, 3.8) is 0 Å². The number of rotatable bonds is 10. The van der Waals surface area contributed by atoms with Crippen molar-refractivity contribution in [3.05, 3.63) is 24.0 Å². The predicted octanol–water partition coefficient (Wildman–Crippen LogP) is 1.77. The van der Waals surface area contributed by atoms with Crippen LogP contribution < -0.4 is 9.46 Å². The summed E-state index contributed by atoms with van der Waals surface area (Å²) in [5.41, 5.74) is -1.02. The largest absolute Gasteiger partial charge is 0.490 e. The van der Waals surface area contributed by atoms with E-state index in [9.17, 15) is 17.6 Å². The van der Waals surface area contributed by atoms with E-state index in [1.165, 1.54) is 13.2 Å². The first-order chi connectivity index (χ1) is 11.1. The first-order valence-electron chi connectivity index (χ1n) is 7.24. The maximum Gasteiger partial charge on any atom is 0.303 e. The zero-order valence-electron chi connectivity index (χ0n) is 13.8. The van der Waals surface area contributed by atoms with Gasteiger partial charge in [-0.25, -0.2) is 17.5 Å². The van der Waals surface area contributed by atoms with Crippen molar-refractivity contribution in [2.45, 2.75) is 37.1 Å². The molecule has 0 saturated heterocycles. The summed E-state index contributed by atoms with van der Waals surface area (Å²) in [6, 6.07) is 3.18. The highest BCUT2D eigenvalue weighted by Crippen LogP contribution is 2.26. The molecule has 136 valence electrons. The SMILES string of the molecule is COCCOc1ccc(F)cc1S(=O)(=O)NC(C)(C)CCC(=O)O. The Hall–Kier alpha value is -1.71. The van der Waals surface area contributed by atoms with Crippen molar-refractivity contribution in [2.75, 3.05) is 20.3 Å². The topological polar surface area (TPSA) is 102 Å². The van der Waals surface area contributed by atoms with Gasteiger partial charge < -0.3 is 14.6 Å². The molecule has 24 heavy (non-hydrogen) atoms. The summed E-state index contributed by atoms with van der Waals surface area (Å²) in [5.74, 6) is -1.76. The number of aliphatic carboxylic acids is 1. The molecule has 2 N–H and O–H groups in total. The number of nitrogens with one attached hydrogen (secondary N) is 1. The zero-order chi connectivity index (χ0) is 18.4. The van der Waals surface area contributed by atoms with Gasteiger partial charge in [0.25, 0.3) is 0 Å². The van der Waals surface area contributed by atoms with Crippen LogP contribution >= 0.6 is 0 Å². The van der Waals surface area contributed by atoms with Gasteiger partial charge in [-0.2, -0.15) is 0 Å². The van der Waals surface area contributed by atoms with Crippen molar-refractivity contribution in [3.8, 4) is 5.75 Å². The number of methoxy groups -OCH3 is 1. The van der Waals surface area contributed by atoms with E-state index >= 15 is 0 Å². The summed E-state index contributed by atoms with van der Waals surface area (Å²) in [5, 5.41) is 8.73. The third kappa shape index (κ3) is 6.42. The van der Waals surface area contributed by atoms with Crippen LogP contribution in [0.2, 0.25) is 0 Å². The maximum atomic E-state index is 13.5. The molecule has 1 aromatic rings. The molecule has 0 aromatic heterocycles. The standard InChI is InChI=1S/C15H22FNO6S/c1-15(2,7-6-14(18)19)17-24(20,21)13-10-11(16)4-5-12(13)23-9-8-22-3/h4-5,10,17H,6-9H2,1-3H3,(H,18,19). The molecule has 0 spiro atoms. The molecule has 0 aliphatic rings. The molecule has 0 heterocycles. The van der Waals surface area contributed by atoms with Crippen molar-refractivity contribution in [1.29, 1.82) is 0 Å². The summed E-state index contributed by atoms with van der Waals surface area (Å²) < 4.78 is 51.2. The zero-order valence-corrected chi connectivity index (χ0v) is 14.7. The smallest absolute Gasteiger partial charge is 0.303 e. The van der Waals surface area contributed by atoms with E-state index < -0.39 is 27.3 Å². The van der Waals surface area contributed by atoms with Gasteiger partial charge in [-0.05, 0) is 38.5 Å². The Kier molecular flexibility index (Phi) is 7.12. The Balaban J connectivity index is 3.03. The average Bonchev–Trinajstić information content (AvgIpc) is 2.46. The third-order valence-corrected chi connectivity index (χ3v) is 4.83. The Labute approximate surface area is 140 Å².